The molecule has 0 saturated carbocycles. The van der Waals surface area contributed by atoms with Crippen molar-refractivity contribution in [1.82, 2.24) is 30.2 Å². The van der Waals surface area contributed by atoms with Crippen LogP contribution in [-0.4, -0.2) is 43.3 Å². The molecule has 12 nitrogen and oxygen atoms in total. The molecule has 0 fully saturated rings. The molecule has 0 aliphatic heterocycles. The molecule has 0 amide bonds. The Labute approximate surface area is 242 Å². The third-order valence-corrected chi connectivity index (χ3v) is 6.64. The summed E-state index contributed by atoms with van der Waals surface area (Å²) in [6.45, 7) is 7.57. The number of hydrogen-bond acceptors (Lipinski definition) is 10. The van der Waals surface area contributed by atoms with Crippen molar-refractivity contribution in [3.8, 4) is 11.1 Å². The lowest BCUT2D eigenvalue weighted by Crippen LogP contribution is -2.25. The van der Waals surface area contributed by atoms with Crippen molar-refractivity contribution in [3.63, 3.8) is 0 Å². The number of carbonyl (C=O) groups is 1. The van der Waals surface area contributed by atoms with E-state index in [1.54, 1.807) is 14.0 Å². The number of aryl methyl sites for hydroxylation is 2. The largest absolute Gasteiger partial charge is 0.519 e. The molecular weight excluding hydrogens is 540 g/mol. The first-order valence-electron chi connectivity index (χ1n) is 13.5. The fourth-order valence-electron chi connectivity index (χ4n) is 4.26. The number of H-pyrrole nitrogens is 1. The van der Waals surface area contributed by atoms with Crippen molar-refractivity contribution in [3.05, 3.63) is 106 Å². The number of rotatable bonds is 10. The van der Waals surface area contributed by atoms with Gasteiger partial charge in [-0.05, 0) is 43.9 Å². The van der Waals surface area contributed by atoms with Crippen LogP contribution in [0.3, 0.4) is 0 Å². The quantitative estimate of drug-likeness (QED) is 0.229. The minimum atomic E-state index is -0.836. The van der Waals surface area contributed by atoms with Crippen LogP contribution < -0.4 is 5.82 Å². The number of imidazole rings is 1. The molecule has 0 spiro atoms. The van der Waals surface area contributed by atoms with Crippen LogP contribution in [0.15, 0.2) is 74.6 Å². The summed E-state index contributed by atoms with van der Waals surface area (Å²) >= 11 is 0. The minimum absolute atomic E-state index is 0.169. The first kappa shape index (κ1) is 30.1. The van der Waals surface area contributed by atoms with Crippen molar-refractivity contribution in [2.75, 3.05) is 7.11 Å². The van der Waals surface area contributed by atoms with Gasteiger partial charge in [-0.3, -0.25) is 0 Å². The number of esters is 1. The second kappa shape index (κ2) is 13.7. The number of hydrogen-bond donors (Lipinski definition) is 1. The van der Waals surface area contributed by atoms with Gasteiger partial charge in [0.05, 0.1) is 0 Å². The van der Waals surface area contributed by atoms with Crippen LogP contribution in [0, 0.1) is 6.92 Å². The zero-order chi connectivity index (χ0) is 30.1. The normalized spacial score (nSPS) is 11.2. The van der Waals surface area contributed by atoms with E-state index < -0.39 is 17.4 Å². The Balaban J connectivity index is 0.000000732. The summed E-state index contributed by atoms with van der Waals surface area (Å²) in [7, 11) is 1.58. The number of methoxy groups -OCH3 is 1. The smallest absolute Gasteiger partial charge is 0.453 e. The lowest BCUT2D eigenvalue weighted by molar-refractivity contribution is 0.0124. The maximum atomic E-state index is 13.5. The Bertz CT molecular complexity index is 1600. The zero-order valence-electron chi connectivity index (χ0n) is 24.3. The fraction of sp³-hybridized carbons (Fsp3) is 0.333. The molecule has 42 heavy (non-hydrogen) atoms. The Morgan fingerprint density at radius 2 is 1.76 bits per heavy atom. The Morgan fingerprint density at radius 1 is 1.05 bits per heavy atom. The van der Waals surface area contributed by atoms with Gasteiger partial charge in [-0.25, -0.2) is 14.6 Å². The SMILES string of the molecule is CCCc1nc(C(C)(C)OC)c(C(=O)OCc2oc(=O)oc2C)n1Cc1ccc(-c2ccccc2)cc1.c1nn[nH]n1. The Hall–Kier alpha value is -4.84. The summed E-state index contributed by atoms with van der Waals surface area (Å²) < 4.78 is 23.1. The summed E-state index contributed by atoms with van der Waals surface area (Å²) in [6.07, 6.45) is 2.86. The van der Waals surface area contributed by atoms with Gasteiger partial charge in [-0.2, -0.15) is 5.21 Å². The highest BCUT2D eigenvalue weighted by Gasteiger charge is 2.34. The van der Waals surface area contributed by atoms with Crippen molar-refractivity contribution in [1.29, 1.82) is 0 Å². The van der Waals surface area contributed by atoms with Crippen molar-refractivity contribution in [2.24, 2.45) is 0 Å². The molecule has 2 aromatic carbocycles. The lowest BCUT2D eigenvalue weighted by atomic mass is 10.0. The first-order chi connectivity index (χ1) is 20.2. The number of aromatic nitrogens is 6. The van der Waals surface area contributed by atoms with E-state index in [0.29, 0.717) is 24.4 Å². The number of aromatic amines is 1. The van der Waals surface area contributed by atoms with Crippen molar-refractivity contribution in [2.45, 2.75) is 59.3 Å². The summed E-state index contributed by atoms with van der Waals surface area (Å²) in [5.41, 5.74) is 3.24. The van der Waals surface area contributed by atoms with Crippen LogP contribution >= 0.6 is 0 Å². The number of nitrogens with one attached hydrogen (secondary N) is 1. The van der Waals surface area contributed by atoms with Crippen LogP contribution in [0.5, 0.6) is 0 Å². The molecular formula is C30H34N6O6. The van der Waals surface area contributed by atoms with Crippen LogP contribution in [0.1, 0.15) is 66.3 Å². The predicted octanol–water partition coefficient (Wildman–Crippen LogP) is 4.84. The minimum Gasteiger partial charge on any atom is -0.453 e. The van der Waals surface area contributed by atoms with Crippen molar-refractivity contribution < 1.29 is 23.1 Å². The highest BCUT2D eigenvalue weighted by Crippen LogP contribution is 2.30. The molecule has 0 aliphatic rings. The number of carbonyl (C=O) groups excluding carboxylic acids is 1. The number of ether oxygens (including phenoxy) is 2. The first-order valence-corrected chi connectivity index (χ1v) is 13.5. The van der Waals surface area contributed by atoms with Crippen LogP contribution in [0.2, 0.25) is 0 Å². The molecule has 5 rings (SSSR count). The number of benzene rings is 2. The van der Waals surface area contributed by atoms with E-state index in [9.17, 15) is 9.59 Å². The third kappa shape index (κ3) is 7.26. The van der Waals surface area contributed by atoms with E-state index in [1.165, 1.54) is 6.33 Å². The third-order valence-electron chi connectivity index (χ3n) is 6.64. The molecule has 1 N–H and O–H groups in total. The highest BCUT2D eigenvalue weighted by molar-refractivity contribution is 5.89. The summed E-state index contributed by atoms with van der Waals surface area (Å²) in [6, 6.07) is 18.4. The lowest BCUT2D eigenvalue weighted by Gasteiger charge is -2.22. The van der Waals surface area contributed by atoms with E-state index in [-0.39, 0.29) is 18.1 Å². The van der Waals surface area contributed by atoms with Gasteiger partial charge >= 0.3 is 11.8 Å². The van der Waals surface area contributed by atoms with Crippen LogP contribution in [0.25, 0.3) is 11.1 Å². The zero-order valence-corrected chi connectivity index (χ0v) is 24.3. The van der Waals surface area contributed by atoms with Gasteiger partial charge in [0.1, 0.15) is 17.1 Å². The van der Waals surface area contributed by atoms with E-state index in [4.69, 9.17) is 23.3 Å². The molecule has 0 saturated heterocycles. The average Bonchev–Trinajstić information content (AvgIpc) is 3.75. The van der Waals surface area contributed by atoms with E-state index in [0.717, 1.165) is 28.9 Å². The van der Waals surface area contributed by atoms with Gasteiger partial charge in [0.25, 0.3) is 0 Å². The predicted molar refractivity (Wildman–Crippen MR) is 153 cm³/mol. The van der Waals surface area contributed by atoms with Crippen LogP contribution in [-0.2, 0) is 34.6 Å². The Morgan fingerprint density at radius 3 is 2.31 bits per heavy atom. The van der Waals surface area contributed by atoms with Gasteiger partial charge < -0.3 is 22.9 Å². The Kier molecular flexibility index (Phi) is 9.81. The van der Waals surface area contributed by atoms with E-state index in [1.807, 2.05) is 36.6 Å². The van der Waals surface area contributed by atoms with Crippen molar-refractivity contribution >= 4 is 5.97 Å². The van der Waals surface area contributed by atoms with Gasteiger partial charge in [0.2, 0.25) is 0 Å². The van der Waals surface area contributed by atoms with Gasteiger partial charge in [-0.1, -0.05) is 66.7 Å². The van der Waals surface area contributed by atoms with Gasteiger partial charge in [0, 0.05) is 20.1 Å². The molecule has 5 aromatic rings. The molecule has 0 bridgehead atoms. The standard InChI is InChI=1S/C29H32N2O6.CH2N4/c1-6-10-24-30-26(29(3,4)34-5)25(27(32)35-18-23-19(2)36-28(33)37-23)31(24)17-20-13-15-22(16-14-20)21-11-8-7-9-12-21;1-2-4-5-3-1/h7-9,11-16H,6,10,17-18H2,1-5H3;1H,(H,2,3,4,5). The second-order valence-corrected chi connectivity index (χ2v) is 9.91. The monoisotopic (exact) mass is 574 g/mol. The molecule has 12 heteroatoms. The summed E-state index contributed by atoms with van der Waals surface area (Å²) in [4.78, 5) is 29.7. The topological polar surface area (TPSA) is 151 Å². The molecule has 3 heterocycles. The van der Waals surface area contributed by atoms with Crippen LogP contribution in [0.4, 0.5) is 0 Å². The maximum Gasteiger partial charge on any atom is 0.519 e. The number of nitrogens with zero attached hydrogens (tertiary/aromatic N) is 5. The maximum absolute atomic E-state index is 13.5. The molecule has 0 radical (unpaired) electrons. The molecule has 0 aliphatic carbocycles. The highest BCUT2D eigenvalue weighted by atomic mass is 16.6. The van der Waals surface area contributed by atoms with Gasteiger partial charge in [-0.15, -0.1) is 10.2 Å². The summed E-state index contributed by atoms with van der Waals surface area (Å²) in [5.74, 6) is -0.206. The second-order valence-electron chi connectivity index (χ2n) is 9.91. The molecule has 0 unspecified atom stereocenters. The van der Waals surface area contributed by atoms with Gasteiger partial charge in [0.15, 0.2) is 30.1 Å². The molecule has 0 atom stereocenters. The van der Waals surface area contributed by atoms with E-state index in [2.05, 4.69) is 63.9 Å². The summed E-state index contributed by atoms with van der Waals surface area (Å²) in [5, 5.41) is 12.2. The molecule has 220 valence electrons. The molecule has 3 aromatic heterocycles. The van der Waals surface area contributed by atoms with E-state index >= 15 is 0 Å². The average molecular weight is 575 g/mol. The fourth-order valence-corrected chi connectivity index (χ4v) is 4.26. The number of tetrazole rings is 1.